The minimum atomic E-state index is -0.725. The number of hydrogen-bond acceptors (Lipinski definition) is 5. The molecule has 1 aliphatic heterocycles. The van der Waals surface area contributed by atoms with Gasteiger partial charge in [0.25, 0.3) is 0 Å². The maximum absolute atomic E-state index is 14.7. The highest BCUT2D eigenvalue weighted by molar-refractivity contribution is 5.65. The van der Waals surface area contributed by atoms with Gasteiger partial charge in [-0.3, -0.25) is 0 Å². The topological polar surface area (TPSA) is 62.0 Å². The molecule has 2 aromatic carbocycles. The number of nitrogens with zero attached hydrogens (tertiary/aromatic N) is 4. The molecule has 33 heavy (non-hydrogen) atoms. The molecular weight excluding hydrogens is 422 g/mol. The fraction of sp³-hybridized carbons (Fsp3) is 0.346. The fourth-order valence-electron chi connectivity index (χ4n) is 4.01. The Kier molecular flexibility index (Phi) is 7.13. The summed E-state index contributed by atoms with van der Waals surface area (Å²) in [6.07, 6.45) is 6.53. The molecule has 0 N–H and O–H groups in total. The van der Waals surface area contributed by atoms with Crippen LogP contribution >= 0.6 is 0 Å². The molecule has 0 unspecified atom stereocenters. The molecule has 5 nitrogen and oxygen atoms in total. The number of piperidine rings is 1. The number of rotatable bonds is 7. The summed E-state index contributed by atoms with van der Waals surface area (Å²) in [4.78, 5) is 11.0. The predicted molar refractivity (Wildman–Crippen MR) is 123 cm³/mol. The van der Waals surface area contributed by atoms with Crippen molar-refractivity contribution in [1.82, 2.24) is 9.97 Å². The zero-order valence-electron chi connectivity index (χ0n) is 18.6. The van der Waals surface area contributed by atoms with Crippen LogP contribution < -0.4 is 9.64 Å². The van der Waals surface area contributed by atoms with Gasteiger partial charge in [-0.15, -0.1) is 0 Å². The average Bonchev–Trinajstić information content (AvgIpc) is 2.84. The van der Waals surface area contributed by atoms with E-state index in [0.717, 1.165) is 49.4 Å². The van der Waals surface area contributed by atoms with Gasteiger partial charge in [-0.05, 0) is 59.6 Å². The van der Waals surface area contributed by atoms with E-state index in [9.17, 15) is 8.78 Å². The number of aromatic nitrogens is 2. The van der Waals surface area contributed by atoms with Crippen LogP contribution in [0.2, 0.25) is 0 Å². The third-order valence-electron chi connectivity index (χ3n) is 6.00. The summed E-state index contributed by atoms with van der Waals surface area (Å²) in [6, 6.07) is 11.8. The minimum absolute atomic E-state index is 0.206. The van der Waals surface area contributed by atoms with Gasteiger partial charge in [-0.2, -0.15) is 5.26 Å². The summed E-state index contributed by atoms with van der Waals surface area (Å²) in [5.41, 5.74) is 2.98. The Morgan fingerprint density at radius 1 is 1.03 bits per heavy atom. The number of halogens is 2. The SMILES string of the molecule is CCc1cnc(N2CCC(COc3c(F)cc(-c4cccc(CC#N)c4)cc3F)CC2)nc1. The van der Waals surface area contributed by atoms with Crippen LogP contribution in [0.3, 0.4) is 0 Å². The molecule has 1 aromatic heterocycles. The summed E-state index contributed by atoms with van der Waals surface area (Å²) in [7, 11) is 0. The summed E-state index contributed by atoms with van der Waals surface area (Å²) < 4.78 is 35.0. The quantitative estimate of drug-likeness (QED) is 0.488. The summed E-state index contributed by atoms with van der Waals surface area (Å²) in [5.74, 6) is -0.863. The summed E-state index contributed by atoms with van der Waals surface area (Å²) in [5, 5.41) is 8.87. The monoisotopic (exact) mass is 448 g/mol. The van der Waals surface area contributed by atoms with E-state index < -0.39 is 11.6 Å². The van der Waals surface area contributed by atoms with Crippen LogP contribution in [0, 0.1) is 28.9 Å². The third-order valence-corrected chi connectivity index (χ3v) is 6.00. The largest absolute Gasteiger partial charge is 0.487 e. The normalized spacial score (nSPS) is 14.2. The smallest absolute Gasteiger partial charge is 0.225 e. The molecule has 170 valence electrons. The summed E-state index contributed by atoms with van der Waals surface area (Å²) >= 11 is 0. The molecule has 7 heteroatoms. The Bertz CT molecular complexity index is 1110. The van der Waals surface area contributed by atoms with Crippen molar-refractivity contribution in [2.45, 2.75) is 32.6 Å². The van der Waals surface area contributed by atoms with Crippen molar-refractivity contribution in [1.29, 1.82) is 5.26 Å². The molecule has 0 saturated carbocycles. The average molecular weight is 449 g/mol. The lowest BCUT2D eigenvalue weighted by atomic mass is 9.98. The van der Waals surface area contributed by atoms with Gasteiger partial charge in [-0.1, -0.05) is 31.2 Å². The van der Waals surface area contributed by atoms with Crippen LogP contribution in [0.4, 0.5) is 14.7 Å². The minimum Gasteiger partial charge on any atom is -0.487 e. The van der Waals surface area contributed by atoms with E-state index >= 15 is 0 Å². The molecule has 0 radical (unpaired) electrons. The number of anilines is 1. The van der Waals surface area contributed by atoms with Gasteiger partial charge >= 0.3 is 0 Å². The highest BCUT2D eigenvalue weighted by Crippen LogP contribution is 2.31. The number of hydrogen-bond donors (Lipinski definition) is 0. The molecule has 3 aromatic rings. The molecule has 0 atom stereocenters. The number of benzene rings is 2. The second-order valence-corrected chi connectivity index (χ2v) is 8.29. The Morgan fingerprint density at radius 3 is 2.36 bits per heavy atom. The first-order valence-electron chi connectivity index (χ1n) is 11.2. The van der Waals surface area contributed by atoms with Crippen molar-refractivity contribution in [3.05, 3.63) is 71.6 Å². The van der Waals surface area contributed by atoms with Gasteiger partial charge in [0.2, 0.25) is 5.95 Å². The molecule has 1 aliphatic rings. The number of aryl methyl sites for hydroxylation is 1. The fourth-order valence-corrected chi connectivity index (χ4v) is 4.01. The zero-order chi connectivity index (χ0) is 23.2. The predicted octanol–water partition coefficient (Wildman–Crippen LogP) is 5.35. The maximum atomic E-state index is 14.7. The summed E-state index contributed by atoms with van der Waals surface area (Å²) in [6.45, 7) is 3.89. The molecule has 0 spiro atoms. The lowest BCUT2D eigenvalue weighted by molar-refractivity contribution is 0.207. The van der Waals surface area contributed by atoms with E-state index in [1.165, 1.54) is 12.1 Å². The third kappa shape index (κ3) is 5.46. The molecule has 4 rings (SSSR count). The van der Waals surface area contributed by atoms with E-state index in [0.29, 0.717) is 11.1 Å². The molecule has 2 heterocycles. The van der Waals surface area contributed by atoms with Crippen LogP contribution in [0.15, 0.2) is 48.8 Å². The van der Waals surface area contributed by atoms with Crippen molar-refractivity contribution in [2.24, 2.45) is 5.92 Å². The lowest BCUT2D eigenvalue weighted by Crippen LogP contribution is -2.36. The molecule has 0 amide bonds. The zero-order valence-corrected chi connectivity index (χ0v) is 18.6. The van der Waals surface area contributed by atoms with E-state index in [1.54, 1.807) is 18.2 Å². The van der Waals surface area contributed by atoms with Gasteiger partial charge in [0.15, 0.2) is 17.4 Å². The molecular formula is C26H26F2N4O. The second-order valence-electron chi connectivity index (χ2n) is 8.29. The molecule has 1 saturated heterocycles. The standard InChI is InChI=1S/C26H26F2N4O/c1-2-18-15-30-26(31-16-18)32-10-7-20(8-11-32)17-33-25-23(27)13-22(14-24(25)28)21-5-3-4-19(12-21)6-9-29/h3-5,12-16,20H,2,6-8,10-11,17H2,1H3. The van der Waals surface area contributed by atoms with E-state index in [2.05, 4.69) is 27.9 Å². The Balaban J connectivity index is 1.36. The number of nitriles is 1. The van der Waals surface area contributed by atoms with Crippen LogP contribution in [0.1, 0.15) is 30.9 Å². The second kappa shape index (κ2) is 10.4. The van der Waals surface area contributed by atoms with Crippen molar-refractivity contribution >= 4 is 5.95 Å². The van der Waals surface area contributed by atoms with Crippen molar-refractivity contribution in [2.75, 3.05) is 24.6 Å². The molecule has 0 bridgehead atoms. The maximum Gasteiger partial charge on any atom is 0.225 e. The van der Waals surface area contributed by atoms with Crippen LogP contribution in [-0.4, -0.2) is 29.7 Å². The van der Waals surface area contributed by atoms with Gasteiger partial charge < -0.3 is 9.64 Å². The molecule has 1 fully saturated rings. The van der Waals surface area contributed by atoms with E-state index in [4.69, 9.17) is 10.00 Å². The van der Waals surface area contributed by atoms with Crippen molar-refractivity contribution in [3.8, 4) is 22.9 Å². The molecule has 0 aliphatic carbocycles. The van der Waals surface area contributed by atoms with Gasteiger partial charge in [-0.25, -0.2) is 18.7 Å². The highest BCUT2D eigenvalue weighted by atomic mass is 19.1. The Morgan fingerprint density at radius 2 is 1.73 bits per heavy atom. The number of ether oxygens (including phenoxy) is 1. The van der Waals surface area contributed by atoms with Gasteiger partial charge in [0.05, 0.1) is 19.1 Å². The van der Waals surface area contributed by atoms with Gasteiger partial charge in [0, 0.05) is 25.5 Å². The Labute approximate surface area is 192 Å². The van der Waals surface area contributed by atoms with Crippen LogP contribution in [0.25, 0.3) is 11.1 Å². The van der Waals surface area contributed by atoms with Crippen LogP contribution in [-0.2, 0) is 12.8 Å². The van der Waals surface area contributed by atoms with Crippen molar-refractivity contribution < 1.29 is 13.5 Å². The van der Waals surface area contributed by atoms with Crippen LogP contribution in [0.5, 0.6) is 5.75 Å². The lowest BCUT2D eigenvalue weighted by Gasteiger charge is -2.31. The van der Waals surface area contributed by atoms with E-state index in [-0.39, 0.29) is 24.7 Å². The Hall–Kier alpha value is -3.53. The highest BCUT2D eigenvalue weighted by Gasteiger charge is 2.23. The van der Waals surface area contributed by atoms with Gasteiger partial charge in [0.1, 0.15) is 0 Å². The van der Waals surface area contributed by atoms with Crippen molar-refractivity contribution in [3.63, 3.8) is 0 Å². The first kappa shape index (κ1) is 22.7. The first-order chi connectivity index (χ1) is 16.1. The van der Waals surface area contributed by atoms with E-state index in [1.807, 2.05) is 18.5 Å². The first-order valence-corrected chi connectivity index (χ1v) is 11.2.